The van der Waals surface area contributed by atoms with E-state index in [1.54, 1.807) is 6.92 Å². The molecule has 4 heteroatoms. The molecule has 0 aliphatic carbocycles. The zero-order valence-corrected chi connectivity index (χ0v) is 11.5. The Morgan fingerprint density at radius 3 is 2.11 bits per heavy atom. The third-order valence-electron chi connectivity index (χ3n) is 2.80. The molecule has 0 aliphatic rings. The molecule has 0 unspecified atom stereocenters. The van der Waals surface area contributed by atoms with Crippen molar-refractivity contribution in [2.75, 3.05) is 0 Å². The number of hydrogen-bond acceptors (Lipinski definition) is 2. The first-order chi connectivity index (χ1) is 8.61. The Labute approximate surface area is 109 Å². The Kier molecular flexibility index (Phi) is 10.0. The fraction of sp³-hybridized carbons (Fsp3) is 0.714. The zero-order valence-electron chi connectivity index (χ0n) is 11.5. The standard InChI is InChI=1S/C14H25NO3/c1-3-5-6-7-8-9-10-11-13(16)15-12(4-2)14(17)18/h4H,3,5-11H2,1-2H3,(H,15,16)(H,17,18)/b12-4-. The van der Waals surface area contributed by atoms with E-state index >= 15 is 0 Å². The number of carbonyl (C=O) groups excluding carboxylic acids is 1. The van der Waals surface area contributed by atoms with Crippen LogP contribution in [0.4, 0.5) is 0 Å². The highest BCUT2D eigenvalue weighted by Crippen LogP contribution is 2.08. The van der Waals surface area contributed by atoms with Crippen LogP contribution < -0.4 is 5.32 Å². The van der Waals surface area contributed by atoms with Gasteiger partial charge in [-0.1, -0.05) is 51.5 Å². The average Bonchev–Trinajstić information content (AvgIpc) is 2.34. The summed E-state index contributed by atoms with van der Waals surface area (Å²) in [6.07, 6.45) is 9.83. The van der Waals surface area contributed by atoms with E-state index in [9.17, 15) is 9.59 Å². The second-order valence-electron chi connectivity index (χ2n) is 4.43. The summed E-state index contributed by atoms with van der Waals surface area (Å²) in [7, 11) is 0. The van der Waals surface area contributed by atoms with Crippen LogP contribution in [-0.4, -0.2) is 17.0 Å². The molecule has 0 aromatic carbocycles. The summed E-state index contributed by atoms with van der Waals surface area (Å²) in [5.41, 5.74) is -0.0389. The first-order valence-corrected chi connectivity index (χ1v) is 6.81. The van der Waals surface area contributed by atoms with Gasteiger partial charge in [-0.3, -0.25) is 4.79 Å². The maximum Gasteiger partial charge on any atom is 0.352 e. The summed E-state index contributed by atoms with van der Waals surface area (Å²) < 4.78 is 0. The van der Waals surface area contributed by atoms with Gasteiger partial charge in [0.2, 0.25) is 5.91 Å². The topological polar surface area (TPSA) is 66.4 Å². The molecule has 0 atom stereocenters. The monoisotopic (exact) mass is 255 g/mol. The Balaban J connectivity index is 3.57. The van der Waals surface area contributed by atoms with Crippen molar-refractivity contribution in [2.45, 2.75) is 65.2 Å². The van der Waals surface area contributed by atoms with E-state index in [0.29, 0.717) is 6.42 Å². The molecule has 0 radical (unpaired) electrons. The van der Waals surface area contributed by atoms with E-state index < -0.39 is 5.97 Å². The smallest absolute Gasteiger partial charge is 0.352 e. The van der Waals surface area contributed by atoms with Crippen LogP contribution in [0.1, 0.15) is 65.2 Å². The number of carboxylic acid groups (broad SMARTS) is 1. The Bertz CT molecular complexity index is 285. The van der Waals surface area contributed by atoms with Gasteiger partial charge in [-0.05, 0) is 13.3 Å². The van der Waals surface area contributed by atoms with E-state index in [0.717, 1.165) is 19.3 Å². The Hall–Kier alpha value is -1.32. The summed E-state index contributed by atoms with van der Waals surface area (Å²) in [6, 6.07) is 0. The predicted octanol–water partition coefficient (Wildman–Crippen LogP) is 3.23. The first kappa shape index (κ1) is 16.7. The van der Waals surface area contributed by atoms with Crippen molar-refractivity contribution in [1.82, 2.24) is 5.32 Å². The van der Waals surface area contributed by atoms with Gasteiger partial charge >= 0.3 is 5.97 Å². The van der Waals surface area contributed by atoms with Gasteiger partial charge in [0.05, 0.1) is 0 Å². The molecular formula is C14H25NO3. The molecular weight excluding hydrogens is 230 g/mol. The summed E-state index contributed by atoms with van der Waals surface area (Å²) >= 11 is 0. The lowest BCUT2D eigenvalue weighted by Gasteiger charge is -2.05. The second kappa shape index (κ2) is 10.8. The van der Waals surface area contributed by atoms with Crippen LogP contribution in [0.3, 0.4) is 0 Å². The van der Waals surface area contributed by atoms with E-state index in [1.165, 1.54) is 31.8 Å². The Morgan fingerprint density at radius 2 is 1.61 bits per heavy atom. The zero-order chi connectivity index (χ0) is 13.8. The fourth-order valence-electron chi connectivity index (χ4n) is 1.70. The van der Waals surface area contributed by atoms with Crippen LogP contribution in [0.15, 0.2) is 11.8 Å². The van der Waals surface area contributed by atoms with E-state index in [4.69, 9.17) is 5.11 Å². The SMILES string of the molecule is C/C=C(\NC(=O)CCCCCCCCC)C(=O)O. The van der Waals surface area contributed by atoms with E-state index in [1.807, 2.05) is 0 Å². The number of rotatable bonds is 10. The molecule has 0 spiro atoms. The molecule has 18 heavy (non-hydrogen) atoms. The van der Waals surface area contributed by atoms with Crippen LogP contribution in [0.5, 0.6) is 0 Å². The molecule has 2 N–H and O–H groups in total. The van der Waals surface area contributed by atoms with Gasteiger partial charge in [0.1, 0.15) is 5.70 Å². The highest BCUT2D eigenvalue weighted by Gasteiger charge is 2.09. The number of amides is 1. The van der Waals surface area contributed by atoms with E-state index in [2.05, 4.69) is 12.2 Å². The number of unbranched alkanes of at least 4 members (excludes halogenated alkanes) is 6. The normalized spacial score (nSPS) is 11.3. The van der Waals surface area contributed by atoms with Gasteiger partial charge in [0.15, 0.2) is 0 Å². The van der Waals surface area contributed by atoms with Crippen LogP contribution in [0.2, 0.25) is 0 Å². The van der Waals surface area contributed by atoms with Crippen molar-refractivity contribution >= 4 is 11.9 Å². The minimum Gasteiger partial charge on any atom is -0.477 e. The summed E-state index contributed by atoms with van der Waals surface area (Å²) in [5, 5.41) is 11.1. The summed E-state index contributed by atoms with van der Waals surface area (Å²) in [6.45, 7) is 3.78. The van der Waals surface area contributed by atoms with Crippen molar-refractivity contribution in [2.24, 2.45) is 0 Å². The number of carbonyl (C=O) groups is 2. The molecule has 0 heterocycles. The van der Waals surface area contributed by atoms with Crippen LogP contribution in [0, 0.1) is 0 Å². The summed E-state index contributed by atoms with van der Waals surface area (Å²) in [5.74, 6) is -1.30. The third-order valence-corrected chi connectivity index (χ3v) is 2.80. The minimum atomic E-state index is -1.09. The maximum absolute atomic E-state index is 11.4. The molecule has 0 bridgehead atoms. The average molecular weight is 255 g/mol. The number of aliphatic carboxylic acids is 1. The molecule has 0 fully saturated rings. The minimum absolute atomic E-state index is 0.0389. The van der Waals surface area contributed by atoms with E-state index in [-0.39, 0.29) is 11.6 Å². The van der Waals surface area contributed by atoms with Gasteiger partial charge in [-0.25, -0.2) is 4.79 Å². The molecule has 0 rings (SSSR count). The molecule has 0 saturated heterocycles. The van der Waals surface area contributed by atoms with Crippen LogP contribution >= 0.6 is 0 Å². The number of hydrogen-bond donors (Lipinski definition) is 2. The Morgan fingerprint density at radius 1 is 1.06 bits per heavy atom. The molecule has 104 valence electrons. The van der Waals surface area contributed by atoms with Gasteiger partial charge in [0, 0.05) is 6.42 Å². The molecule has 1 amide bonds. The van der Waals surface area contributed by atoms with Gasteiger partial charge in [0.25, 0.3) is 0 Å². The lowest BCUT2D eigenvalue weighted by Crippen LogP contribution is -2.26. The lowest BCUT2D eigenvalue weighted by atomic mass is 10.1. The quantitative estimate of drug-likeness (QED) is 0.465. The highest BCUT2D eigenvalue weighted by molar-refractivity contribution is 5.92. The van der Waals surface area contributed by atoms with Crippen molar-refractivity contribution in [3.8, 4) is 0 Å². The van der Waals surface area contributed by atoms with Crippen LogP contribution in [-0.2, 0) is 9.59 Å². The second-order valence-corrected chi connectivity index (χ2v) is 4.43. The van der Waals surface area contributed by atoms with Crippen molar-refractivity contribution in [3.05, 3.63) is 11.8 Å². The number of nitrogens with one attached hydrogen (secondary N) is 1. The van der Waals surface area contributed by atoms with Gasteiger partial charge in [-0.2, -0.15) is 0 Å². The summed E-state index contributed by atoms with van der Waals surface area (Å²) in [4.78, 5) is 22.1. The number of allylic oxidation sites excluding steroid dienone is 1. The van der Waals surface area contributed by atoms with Gasteiger partial charge < -0.3 is 10.4 Å². The molecule has 4 nitrogen and oxygen atoms in total. The maximum atomic E-state index is 11.4. The lowest BCUT2D eigenvalue weighted by molar-refractivity contribution is -0.134. The largest absolute Gasteiger partial charge is 0.477 e. The molecule has 0 saturated carbocycles. The van der Waals surface area contributed by atoms with Crippen molar-refractivity contribution in [3.63, 3.8) is 0 Å². The van der Waals surface area contributed by atoms with Gasteiger partial charge in [-0.15, -0.1) is 0 Å². The van der Waals surface area contributed by atoms with Crippen molar-refractivity contribution < 1.29 is 14.7 Å². The highest BCUT2D eigenvalue weighted by atomic mass is 16.4. The molecule has 0 aromatic heterocycles. The van der Waals surface area contributed by atoms with Crippen LogP contribution in [0.25, 0.3) is 0 Å². The fourth-order valence-corrected chi connectivity index (χ4v) is 1.70. The first-order valence-electron chi connectivity index (χ1n) is 6.81. The molecule has 0 aromatic rings. The number of carboxylic acids is 1. The van der Waals surface area contributed by atoms with Crippen molar-refractivity contribution in [1.29, 1.82) is 0 Å². The third kappa shape index (κ3) is 8.79. The predicted molar refractivity (Wildman–Crippen MR) is 72.1 cm³/mol. The molecule has 0 aliphatic heterocycles.